The maximum absolute atomic E-state index is 6.64. The lowest BCUT2D eigenvalue weighted by atomic mass is 9.48. The van der Waals surface area contributed by atoms with Gasteiger partial charge in [0.1, 0.15) is 32.3 Å². The summed E-state index contributed by atoms with van der Waals surface area (Å²) < 4.78 is 18.5. The molecule has 0 aliphatic heterocycles. The van der Waals surface area contributed by atoms with Gasteiger partial charge in [-0.15, -0.1) is 22.7 Å². The number of hydrogen-bond donors (Lipinski definition) is 0. The first kappa shape index (κ1) is 45.5. The summed E-state index contributed by atoms with van der Waals surface area (Å²) in [5, 5.41) is 11.6. The normalized spacial score (nSPS) is 16.0. The van der Waals surface area contributed by atoms with Crippen LogP contribution in [0.1, 0.15) is 93.1 Å². The summed E-state index contributed by atoms with van der Waals surface area (Å²) in [6, 6.07) is 87.4. The van der Waals surface area contributed by atoms with E-state index in [-0.39, 0.29) is 10.8 Å². The van der Waals surface area contributed by atoms with Gasteiger partial charge in [0.25, 0.3) is 0 Å². The van der Waals surface area contributed by atoms with E-state index in [0.717, 1.165) is 43.9 Å². The van der Waals surface area contributed by atoms with E-state index >= 15 is 0 Å². The van der Waals surface area contributed by atoms with Gasteiger partial charge in [0, 0.05) is 63.7 Å². The van der Waals surface area contributed by atoms with Crippen molar-refractivity contribution in [3.63, 3.8) is 0 Å². The van der Waals surface area contributed by atoms with E-state index in [4.69, 9.17) is 8.83 Å². The van der Waals surface area contributed by atoms with Gasteiger partial charge in [-0.1, -0.05) is 198 Å². The van der Waals surface area contributed by atoms with E-state index in [2.05, 4.69) is 267 Å². The monoisotopic (exact) mass is 1090 g/mol. The molecule has 6 heteroatoms. The van der Waals surface area contributed by atoms with Crippen LogP contribution < -0.4 is 0 Å². The summed E-state index contributed by atoms with van der Waals surface area (Å²) in [7, 11) is 0. The van der Waals surface area contributed by atoms with Crippen LogP contribution in [-0.4, -0.2) is 9.13 Å². The molecule has 0 saturated carbocycles. The van der Waals surface area contributed by atoms with Crippen LogP contribution >= 0.6 is 22.7 Å². The largest absolute Gasteiger partial charge is 0.456 e. The van der Waals surface area contributed by atoms with Gasteiger partial charge in [0.2, 0.25) is 0 Å². The van der Waals surface area contributed by atoms with Gasteiger partial charge in [-0.3, -0.25) is 0 Å². The summed E-state index contributed by atoms with van der Waals surface area (Å²) in [5.74, 6) is 0. The number of para-hydroxylation sites is 4. The third kappa shape index (κ3) is 5.31. The minimum absolute atomic E-state index is 0.294. The fourth-order valence-corrected chi connectivity index (χ4v) is 19.2. The third-order valence-corrected chi connectivity index (χ3v) is 22.2. The molecule has 10 aromatic carbocycles. The minimum Gasteiger partial charge on any atom is -0.456 e. The Hall–Kier alpha value is -9.20. The van der Waals surface area contributed by atoms with E-state index in [1.807, 2.05) is 22.7 Å². The average molecular weight is 1090 g/mol. The predicted molar refractivity (Wildman–Crippen MR) is 340 cm³/mol. The third-order valence-electron chi connectivity index (χ3n) is 19.7. The smallest absolute Gasteiger partial charge is 0.136 e. The Labute approximate surface area is 480 Å². The summed E-state index contributed by atoms with van der Waals surface area (Å²) in [6.45, 7) is 9.76. The van der Waals surface area contributed by atoms with Crippen molar-refractivity contribution in [2.75, 3.05) is 0 Å². The molecule has 0 amide bonds. The molecule has 0 bridgehead atoms. The zero-order valence-corrected chi connectivity index (χ0v) is 47.1. The van der Waals surface area contributed by atoms with Gasteiger partial charge in [-0.25, -0.2) is 0 Å². The number of hydrogen-bond acceptors (Lipinski definition) is 4. The number of furan rings is 2. The van der Waals surface area contributed by atoms with Crippen LogP contribution in [0.25, 0.3) is 97.5 Å². The summed E-state index contributed by atoms with van der Waals surface area (Å²) in [6.07, 6.45) is 0. The van der Waals surface area contributed by atoms with Crippen molar-refractivity contribution < 1.29 is 8.83 Å². The van der Waals surface area contributed by atoms with Crippen LogP contribution in [0.2, 0.25) is 0 Å². The van der Waals surface area contributed by atoms with Crippen LogP contribution in [0.15, 0.2) is 239 Å². The zero-order chi connectivity index (χ0) is 54.2. The van der Waals surface area contributed by atoms with Crippen LogP contribution in [0.3, 0.4) is 0 Å². The van der Waals surface area contributed by atoms with Crippen molar-refractivity contribution in [2.45, 2.75) is 49.4 Å². The Balaban J connectivity index is 1.02. The number of aromatic nitrogens is 2. The fourth-order valence-electron chi connectivity index (χ4n) is 16.3. The molecule has 2 spiro atoms. The van der Waals surface area contributed by atoms with Gasteiger partial charge in [0.15, 0.2) is 0 Å². The molecule has 16 aromatic rings. The molecule has 0 atom stereocenters. The van der Waals surface area contributed by atoms with Gasteiger partial charge in [-0.05, 0) is 116 Å². The van der Waals surface area contributed by atoms with Crippen LogP contribution in [0, 0.1) is 0 Å². The molecule has 3 aliphatic rings. The molecule has 82 heavy (non-hydrogen) atoms. The molecule has 0 radical (unpaired) electrons. The highest BCUT2D eigenvalue weighted by molar-refractivity contribution is 7.16. The SMILES string of the molecule is CC1(C)c2ccccc2C2(c3ccccc31)c1cc(-n3c4ccccc4c4cc5oc6ccccc6c5cc43)sc1C1(c3ccccc3C(C)(C)c3ccccc31)c1cc(-n3c4ccccc4c4cc5oc6ccccc6c5cc43)sc12. The second kappa shape index (κ2) is 15.4. The molecule has 0 fully saturated rings. The Kier molecular flexibility index (Phi) is 8.56. The first-order valence-electron chi connectivity index (χ1n) is 28.6. The summed E-state index contributed by atoms with van der Waals surface area (Å²) in [5.41, 5.74) is 19.7. The number of thiophene rings is 2. The highest BCUT2D eigenvalue weighted by Crippen LogP contribution is 2.70. The maximum atomic E-state index is 6.64. The molecule has 4 nitrogen and oxygen atoms in total. The fraction of sp³-hybridized carbons (Fsp3) is 0.105. The van der Waals surface area contributed by atoms with Gasteiger partial charge in [-0.2, -0.15) is 0 Å². The van der Waals surface area contributed by atoms with Crippen molar-refractivity contribution >= 4 is 110 Å². The van der Waals surface area contributed by atoms with Crippen LogP contribution in [0.5, 0.6) is 0 Å². The van der Waals surface area contributed by atoms with E-state index in [0.29, 0.717) is 0 Å². The Morgan fingerprint density at radius 2 is 0.585 bits per heavy atom. The lowest BCUT2D eigenvalue weighted by Gasteiger charge is -2.55. The lowest BCUT2D eigenvalue weighted by molar-refractivity contribution is 0.522. The van der Waals surface area contributed by atoms with Gasteiger partial charge < -0.3 is 18.0 Å². The van der Waals surface area contributed by atoms with E-state index in [9.17, 15) is 0 Å². The molecular weight excluding hydrogens is 1040 g/mol. The summed E-state index contributed by atoms with van der Waals surface area (Å²) >= 11 is 3.98. The minimum atomic E-state index is -0.743. The van der Waals surface area contributed by atoms with Crippen molar-refractivity contribution in [2.24, 2.45) is 0 Å². The highest BCUT2D eigenvalue weighted by atomic mass is 32.1. The Morgan fingerprint density at radius 3 is 0.963 bits per heavy atom. The van der Waals surface area contributed by atoms with E-state index < -0.39 is 10.8 Å². The standard InChI is InChI=1S/C76H50N2O2S2/c1-73(2)51-25-9-13-29-55(51)75(56-30-14-10-26-52(56)73)59-41-69(77-61-33-17-5-21-43(61)47-39-67-49(37-63(47)77)45-23-7-19-35-65(45)79-67)82-72(59)76(57-31-15-11-27-53(57)74(3,4)54-28-12-16-32-58(54)76)60-42-70(81-71(60)75)78-62-34-18-6-22-44(62)48-40-68-50(38-64(48)78)46-24-8-20-36-66(46)80-68/h5-42H,1-4H3. The molecule has 0 N–H and O–H groups in total. The topological polar surface area (TPSA) is 36.1 Å². The van der Waals surface area contributed by atoms with Crippen molar-refractivity contribution in [1.82, 2.24) is 9.13 Å². The zero-order valence-electron chi connectivity index (χ0n) is 45.5. The van der Waals surface area contributed by atoms with Crippen molar-refractivity contribution in [3.8, 4) is 10.0 Å². The number of benzene rings is 10. The number of fused-ring (bicyclic) bond motifs is 26. The molecule has 6 heterocycles. The highest BCUT2D eigenvalue weighted by Gasteiger charge is 2.62. The van der Waals surface area contributed by atoms with E-state index in [1.54, 1.807) is 0 Å². The molecular formula is C76H50N2O2S2. The second-order valence-corrected chi connectivity index (χ2v) is 26.3. The first-order chi connectivity index (χ1) is 40.2. The number of rotatable bonds is 2. The van der Waals surface area contributed by atoms with Gasteiger partial charge >= 0.3 is 0 Å². The molecule has 6 aromatic heterocycles. The Morgan fingerprint density at radius 1 is 0.268 bits per heavy atom. The summed E-state index contributed by atoms with van der Waals surface area (Å²) in [4.78, 5) is 2.71. The molecule has 388 valence electrons. The van der Waals surface area contributed by atoms with Crippen molar-refractivity contribution in [1.29, 1.82) is 0 Å². The maximum Gasteiger partial charge on any atom is 0.136 e. The Bertz CT molecular complexity index is 5020. The quantitative estimate of drug-likeness (QED) is 0.173. The predicted octanol–water partition coefficient (Wildman–Crippen LogP) is 20.2. The number of nitrogens with zero attached hydrogens (tertiary/aromatic N) is 2. The lowest BCUT2D eigenvalue weighted by Crippen LogP contribution is -2.50. The molecule has 0 unspecified atom stereocenters. The van der Waals surface area contributed by atoms with Gasteiger partial charge in [0.05, 0.1) is 32.9 Å². The molecule has 3 aliphatic carbocycles. The average Bonchev–Trinajstić information content (AvgIpc) is 1.50. The van der Waals surface area contributed by atoms with Crippen molar-refractivity contribution in [3.05, 3.63) is 296 Å². The second-order valence-electron chi connectivity index (χ2n) is 24.2. The van der Waals surface area contributed by atoms with E-state index in [1.165, 1.54) is 119 Å². The molecule has 0 saturated heterocycles. The van der Waals surface area contributed by atoms with Crippen LogP contribution in [0.4, 0.5) is 0 Å². The molecule has 19 rings (SSSR count). The van der Waals surface area contributed by atoms with Crippen LogP contribution in [-0.2, 0) is 21.7 Å². The first-order valence-corrected chi connectivity index (χ1v) is 30.2.